The lowest BCUT2D eigenvalue weighted by Crippen LogP contribution is -2.03. The molecule has 2 rings (SSSR count). The normalized spacial score (nSPS) is 11.3. The van der Waals surface area contributed by atoms with Gasteiger partial charge >= 0.3 is 0 Å². The van der Waals surface area contributed by atoms with Gasteiger partial charge in [0, 0.05) is 6.07 Å². The van der Waals surface area contributed by atoms with E-state index in [1.165, 1.54) is 19.1 Å². The van der Waals surface area contributed by atoms with Gasteiger partial charge in [0.2, 0.25) is 21.0 Å². The van der Waals surface area contributed by atoms with Crippen molar-refractivity contribution >= 4 is 9.84 Å². The molecule has 0 saturated heterocycles. The van der Waals surface area contributed by atoms with Crippen molar-refractivity contribution in [2.75, 3.05) is 0 Å². The van der Waals surface area contributed by atoms with E-state index in [0.29, 0.717) is 0 Å². The van der Waals surface area contributed by atoms with Crippen LogP contribution in [0.5, 0.6) is 11.5 Å². The molecule has 2 aromatic rings. The molecular formula is C15H14O5S. The molecule has 6 heteroatoms. The molecule has 2 aromatic carbocycles. The zero-order valence-corrected chi connectivity index (χ0v) is 12.3. The van der Waals surface area contributed by atoms with Crippen LogP contribution in [0.2, 0.25) is 0 Å². The molecule has 0 aromatic heterocycles. The Morgan fingerprint density at radius 3 is 2.10 bits per heavy atom. The molecule has 110 valence electrons. The topological polar surface area (TPSA) is 91.7 Å². The van der Waals surface area contributed by atoms with Gasteiger partial charge in [0.15, 0.2) is 5.75 Å². The second-order valence-electron chi connectivity index (χ2n) is 4.75. The summed E-state index contributed by atoms with van der Waals surface area (Å²) in [6, 6.07) is 8.08. The van der Waals surface area contributed by atoms with Gasteiger partial charge in [0.25, 0.3) is 0 Å². The zero-order chi connectivity index (χ0) is 15.8. The lowest BCUT2D eigenvalue weighted by molar-refractivity contribution is 0.401. The largest absolute Gasteiger partial charge is 0.504 e. The third-order valence-electron chi connectivity index (χ3n) is 3.10. The van der Waals surface area contributed by atoms with Crippen LogP contribution in [0.25, 0.3) is 0 Å². The number of rotatable bonds is 2. The predicted molar refractivity (Wildman–Crippen MR) is 77.4 cm³/mol. The molecule has 0 aliphatic heterocycles. The molecule has 0 saturated carbocycles. The average molecular weight is 306 g/mol. The molecule has 0 amide bonds. The smallest absolute Gasteiger partial charge is 0.224 e. The first-order valence-electron chi connectivity index (χ1n) is 6.12. The number of benzene rings is 1. The molecule has 0 spiro atoms. The minimum atomic E-state index is -3.90. The van der Waals surface area contributed by atoms with Gasteiger partial charge in [-0.15, -0.1) is 0 Å². The standard InChI is InChI=1S/C15H14O5S/c1-9-3-5-11(6-4-9)21(19,20)14-8-13(17)15(18)12(16)7-10(14)2/h3-8H,1-2H3,(H2,16,17,18). The second-order valence-corrected chi connectivity index (χ2v) is 6.67. The van der Waals surface area contributed by atoms with Gasteiger partial charge in [-0.25, -0.2) is 8.42 Å². The van der Waals surface area contributed by atoms with Gasteiger partial charge in [0.05, 0.1) is 9.79 Å². The maximum absolute atomic E-state index is 12.6. The Morgan fingerprint density at radius 2 is 1.52 bits per heavy atom. The minimum Gasteiger partial charge on any atom is -0.504 e. The highest BCUT2D eigenvalue weighted by Gasteiger charge is 2.21. The lowest BCUT2D eigenvalue weighted by atomic mass is 10.2. The van der Waals surface area contributed by atoms with E-state index >= 15 is 0 Å². The fourth-order valence-electron chi connectivity index (χ4n) is 1.90. The van der Waals surface area contributed by atoms with Gasteiger partial charge in [-0.1, -0.05) is 17.7 Å². The van der Waals surface area contributed by atoms with Crippen LogP contribution in [0, 0.1) is 13.8 Å². The summed E-state index contributed by atoms with van der Waals surface area (Å²) in [6.45, 7) is 3.26. The highest BCUT2D eigenvalue weighted by molar-refractivity contribution is 7.91. The molecule has 0 radical (unpaired) electrons. The van der Waals surface area contributed by atoms with E-state index in [4.69, 9.17) is 0 Å². The van der Waals surface area contributed by atoms with E-state index < -0.39 is 26.8 Å². The first kappa shape index (κ1) is 15.1. The van der Waals surface area contributed by atoms with Crippen LogP contribution in [0.4, 0.5) is 0 Å². The quantitative estimate of drug-likeness (QED) is 0.884. The molecule has 0 aliphatic rings. The summed E-state index contributed by atoms with van der Waals surface area (Å²) >= 11 is 0. The minimum absolute atomic E-state index is 0.0498. The Balaban J connectivity index is 2.77. The number of aryl methyl sites for hydroxylation is 2. The highest BCUT2D eigenvalue weighted by atomic mass is 32.2. The van der Waals surface area contributed by atoms with Gasteiger partial charge in [-0.05, 0) is 37.6 Å². The Bertz CT molecular complexity index is 852. The molecule has 0 aliphatic carbocycles. The molecule has 21 heavy (non-hydrogen) atoms. The monoisotopic (exact) mass is 306 g/mol. The Morgan fingerprint density at radius 1 is 0.952 bits per heavy atom. The fourth-order valence-corrected chi connectivity index (χ4v) is 3.40. The zero-order valence-electron chi connectivity index (χ0n) is 11.5. The van der Waals surface area contributed by atoms with Crippen molar-refractivity contribution in [3.8, 4) is 11.5 Å². The average Bonchev–Trinajstić information content (AvgIpc) is 2.51. The Kier molecular flexibility index (Phi) is 3.74. The summed E-state index contributed by atoms with van der Waals surface area (Å²) in [6.07, 6.45) is 0. The van der Waals surface area contributed by atoms with E-state index in [2.05, 4.69) is 0 Å². The SMILES string of the molecule is Cc1ccc(S(=O)(=O)c2cc(O)c(O)c(=O)cc2C)cc1. The van der Waals surface area contributed by atoms with Crippen LogP contribution in [0.1, 0.15) is 11.1 Å². The van der Waals surface area contributed by atoms with Gasteiger partial charge in [-0.3, -0.25) is 4.79 Å². The van der Waals surface area contributed by atoms with Gasteiger partial charge in [-0.2, -0.15) is 0 Å². The molecule has 2 N–H and O–H groups in total. The van der Waals surface area contributed by atoms with Crippen LogP contribution in [-0.4, -0.2) is 18.6 Å². The summed E-state index contributed by atoms with van der Waals surface area (Å²) < 4.78 is 25.2. The van der Waals surface area contributed by atoms with E-state index in [-0.39, 0.29) is 15.4 Å². The molecule has 0 unspecified atom stereocenters. The third-order valence-corrected chi connectivity index (χ3v) is 5.01. The second kappa shape index (κ2) is 5.21. The van der Waals surface area contributed by atoms with Crippen molar-refractivity contribution in [3.05, 3.63) is 57.7 Å². The number of aromatic hydroxyl groups is 2. The Labute approximate surface area is 122 Å². The maximum atomic E-state index is 12.6. The first-order chi connectivity index (χ1) is 9.73. The summed E-state index contributed by atoms with van der Waals surface area (Å²) in [5, 5.41) is 19.0. The van der Waals surface area contributed by atoms with Crippen molar-refractivity contribution in [2.24, 2.45) is 0 Å². The van der Waals surface area contributed by atoms with Crippen molar-refractivity contribution in [2.45, 2.75) is 23.6 Å². The molecular weight excluding hydrogens is 292 g/mol. The van der Waals surface area contributed by atoms with Crippen LogP contribution >= 0.6 is 0 Å². The number of hydrogen-bond donors (Lipinski definition) is 2. The Hall–Kier alpha value is -2.34. The number of hydrogen-bond acceptors (Lipinski definition) is 5. The van der Waals surface area contributed by atoms with Crippen molar-refractivity contribution in [1.82, 2.24) is 0 Å². The van der Waals surface area contributed by atoms with Crippen LogP contribution in [0.3, 0.4) is 0 Å². The highest BCUT2D eigenvalue weighted by Crippen LogP contribution is 2.28. The van der Waals surface area contributed by atoms with Crippen LogP contribution in [0.15, 0.2) is 51.0 Å². The first-order valence-corrected chi connectivity index (χ1v) is 7.60. The van der Waals surface area contributed by atoms with E-state index in [1.54, 1.807) is 12.1 Å². The van der Waals surface area contributed by atoms with Gasteiger partial charge < -0.3 is 10.2 Å². The molecule has 0 atom stereocenters. The lowest BCUT2D eigenvalue weighted by Gasteiger charge is -2.06. The summed E-state index contributed by atoms with van der Waals surface area (Å²) in [5.41, 5.74) is 0.221. The van der Waals surface area contributed by atoms with Crippen molar-refractivity contribution < 1.29 is 18.6 Å². The van der Waals surface area contributed by atoms with Crippen LogP contribution in [-0.2, 0) is 9.84 Å². The van der Waals surface area contributed by atoms with E-state index in [1.807, 2.05) is 6.92 Å². The molecule has 0 bridgehead atoms. The molecule has 5 nitrogen and oxygen atoms in total. The predicted octanol–water partition coefficient (Wildman–Crippen LogP) is 1.91. The van der Waals surface area contributed by atoms with Crippen LogP contribution < -0.4 is 5.43 Å². The van der Waals surface area contributed by atoms with E-state index in [0.717, 1.165) is 17.7 Å². The fraction of sp³-hybridized carbons (Fsp3) is 0.133. The summed E-state index contributed by atoms with van der Waals surface area (Å²) in [7, 11) is -3.90. The molecule has 0 fully saturated rings. The van der Waals surface area contributed by atoms with E-state index in [9.17, 15) is 23.4 Å². The third kappa shape index (κ3) is 2.75. The van der Waals surface area contributed by atoms with Gasteiger partial charge in [0.1, 0.15) is 0 Å². The summed E-state index contributed by atoms with van der Waals surface area (Å²) in [4.78, 5) is 11.3. The maximum Gasteiger partial charge on any atom is 0.224 e. The number of sulfone groups is 1. The molecule has 0 heterocycles. The van der Waals surface area contributed by atoms with Crippen molar-refractivity contribution in [3.63, 3.8) is 0 Å². The summed E-state index contributed by atoms with van der Waals surface area (Å²) in [5.74, 6) is -1.64. The van der Waals surface area contributed by atoms with Crippen molar-refractivity contribution in [1.29, 1.82) is 0 Å².